The van der Waals surface area contributed by atoms with E-state index in [1.54, 1.807) is 6.07 Å². The first-order chi connectivity index (χ1) is 8.06. The summed E-state index contributed by atoms with van der Waals surface area (Å²) in [4.78, 5) is 13.7. The number of hydrogen-bond acceptors (Lipinski definition) is 3. The largest absolute Gasteiger partial charge is 0.344 e. The highest BCUT2D eigenvalue weighted by atomic mass is 79.9. The lowest BCUT2D eigenvalue weighted by molar-refractivity contribution is 0.0944. The van der Waals surface area contributed by atoms with Gasteiger partial charge in [0.05, 0.1) is 19.0 Å². The van der Waals surface area contributed by atoms with Gasteiger partial charge in [-0.2, -0.15) is 0 Å². The molecule has 0 bridgehead atoms. The second-order valence-corrected chi connectivity index (χ2v) is 7.65. The summed E-state index contributed by atoms with van der Waals surface area (Å²) in [6, 6.07) is 7.42. The maximum Gasteiger partial charge on any atom is 0.261 e. The lowest BCUT2D eigenvalue weighted by atomic mass is 10.2. The van der Waals surface area contributed by atoms with Crippen molar-refractivity contribution in [1.29, 1.82) is 0 Å². The van der Waals surface area contributed by atoms with Gasteiger partial charge in [0.1, 0.15) is 0 Å². The molecule has 0 aliphatic carbocycles. The molecule has 17 heavy (non-hydrogen) atoms. The Kier molecular flexibility index (Phi) is 4.25. The smallest absolute Gasteiger partial charge is 0.261 e. The lowest BCUT2D eigenvalue weighted by Gasteiger charge is -2.10. The summed E-state index contributed by atoms with van der Waals surface area (Å²) in [7, 11) is 0. The predicted molar refractivity (Wildman–Crippen MR) is 77.2 cm³/mol. The van der Waals surface area contributed by atoms with Crippen LogP contribution in [0.3, 0.4) is 0 Å². The quantitative estimate of drug-likeness (QED) is 0.853. The van der Waals surface area contributed by atoms with Gasteiger partial charge in [-0.15, -0.1) is 22.7 Å². The van der Waals surface area contributed by atoms with E-state index in [9.17, 15) is 4.79 Å². The molecule has 6 heteroatoms. The second kappa shape index (κ2) is 5.52. The average molecular weight is 351 g/mol. The molecular weight excluding hydrogens is 342 g/mol. The summed E-state index contributed by atoms with van der Waals surface area (Å²) in [5.74, 6) is -0.0577. The molecule has 0 fully saturated rings. The standard InChI is InChI=1S/C11H9BrClNOS2/c1-6(7-3-5-10(13)17-7)14-11(15)8-2-4-9(12)16-8/h2-6H,1H3,(H,14,15). The zero-order chi connectivity index (χ0) is 12.4. The molecule has 0 saturated heterocycles. The van der Waals surface area contributed by atoms with E-state index in [0.717, 1.165) is 13.0 Å². The third-order valence-electron chi connectivity index (χ3n) is 2.17. The van der Waals surface area contributed by atoms with Crippen molar-refractivity contribution in [3.05, 3.63) is 42.1 Å². The van der Waals surface area contributed by atoms with E-state index in [0.29, 0.717) is 4.88 Å². The molecule has 90 valence electrons. The van der Waals surface area contributed by atoms with Gasteiger partial charge in [-0.25, -0.2) is 0 Å². The third-order valence-corrected chi connectivity index (χ3v) is 5.20. The Morgan fingerprint density at radius 1 is 1.35 bits per heavy atom. The van der Waals surface area contributed by atoms with Crippen LogP contribution in [0, 0.1) is 0 Å². The van der Waals surface area contributed by atoms with E-state index in [-0.39, 0.29) is 11.9 Å². The minimum atomic E-state index is -0.0577. The van der Waals surface area contributed by atoms with E-state index >= 15 is 0 Å². The fourth-order valence-corrected chi connectivity index (χ4v) is 3.69. The van der Waals surface area contributed by atoms with Gasteiger partial charge >= 0.3 is 0 Å². The SMILES string of the molecule is CC(NC(=O)c1ccc(Br)s1)c1ccc(Cl)s1. The van der Waals surface area contributed by atoms with Crippen LogP contribution in [0.25, 0.3) is 0 Å². The van der Waals surface area contributed by atoms with Gasteiger partial charge in [-0.05, 0) is 47.1 Å². The van der Waals surface area contributed by atoms with Crippen LogP contribution in [-0.4, -0.2) is 5.91 Å². The van der Waals surface area contributed by atoms with Crippen molar-refractivity contribution in [2.24, 2.45) is 0 Å². The zero-order valence-corrected chi connectivity index (χ0v) is 12.8. The first-order valence-corrected chi connectivity index (χ1v) is 7.68. The molecule has 1 unspecified atom stereocenters. The molecule has 0 saturated carbocycles. The average Bonchev–Trinajstić information content (AvgIpc) is 2.87. The van der Waals surface area contributed by atoms with Crippen LogP contribution < -0.4 is 5.32 Å². The van der Waals surface area contributed by atoms with Crippen LogP contribution in [0.4, 0.5) is 0 Å². The van der Waals surface area contributed by atoms with Crippen LogP contribution in [0.1, 0.15) is 27.5 Å². The van der Waals surface area contributed by atoms with Gasteiger partial charge in [0.15, 0.2) is 0 Å². The Morgan fingerprint density at radius 2 is 2.12 bits per heavy atom. The number of amides is 1. The first-order valence-electron chi connectivity index (χ1n) is 4.87. The van der Waals surface area contributed by atoms with Crippen molar-refractivity contribution in [3.63, 3.8) is 0 Å². The normalized spacial score (nSPS) is 12.4. The van der Waals surface area contributed by atoms with E-state index in [1.165, 1.54) is 22.7 Å². The zero-order valence-electron chi connectivity index (χ0n) is 8.87. The Labute approximate surface area is 121 Å². The Balaban J connectivity index is 2.04. The number of rotatable bonds is 3. The molecule has 0 aliphatic heterocycles. The molecular formula is C11H9BrClNOS2. The van der Waals surface area contributed by atoms with Crippen molar-refractivity contribution in [1.82, 2.24) is 5.32 Å². The molecule has 2 nitrogen and oxygen atoms in total. The number of thiophene rings is 2. The first kappa shape index (κ1) is 13.1. The van der Waals surface area contributed by atoms with E-state index in [2.05, 4.69) is 21.2 Å². The summed E-state index contributed by atoms with van der Waals surface area (Å²) >= 11 is 12.1. The monoisotopic (exact) mass is 349 g/mol. The summed E-state index contributed by atoms with van der Waals surface area (Å²) in [6.07, 6.45) is 0. The second-order valence-electron chi connectivity index (χ2n) is 3.44. The van der Waals surface area contributed by atoms with Crippen LogP contribution in [-0.2, 0) is 0 Å². The third kappa shape index (κ3) is 3.31. The minimum absolute atomic E-state index is 0.0270. The van der Waals surface area contributed by atoms with Crippen molar-refractivity contribution in [2.75, 3.05) is 0 Å². The lowest BCUT2D eigenvalue weighted by Crippen LogP contribution is -2.25. The van der Waals surface area contributed by atoms with Crippen molar-refractivity contribution < 1.29 is 4.79 Å². The fourth-order valence-electron chi connectivity index (χ4n) is 1.34. The predicted octanol–water partition coefficient (Wildman–Crippen LogP) is 4.72. The summed E-state index contributed by atoms with van der Waals surface area (Å²) in [5, 5.41) is 2.94. The van der Waals surface area contributed by atoms with Crippen LogP contribution in [0.15, 0.2) is 28.1 Å². The number of hydrogen-bond donors (Lipinski definition) is 1. The van der Waals surface area contributed by atoms with Crippen LogP contribution in [0.2, 0.25) is 4.34 Å². The molecule has 0 spiro atoms. The molecule has 1 atom stereocenters. The van der Waals surface area contributed by atoms with Gasteiger partial charge < -0.3 is 5.32 Å². The summed E-state index contributed by atoms with van der Waals surface area (Å²) < 4.78 is 1.69. The fraction of sp³-hybridized carbons (Fsp3) is 0.182. The van der Waals surface area contributed by atoms with Gasteiger partial charge in [0, 0.05) is 4.88 Å². The van der Waals surface area contributed by atoms with Crippen molar-refractivity contribution >= 4 is 56.1 Å². The molecule has 1 amide bonds. The molecule has 0 aliphatic rings. The number of carbonyl (C=O) groups is 1. The molecule has 2 heterocycles. The number of halogens is 2. The van der Waals surface area contributed by atoms with Gasteiger partial charge in [0.2, 0.25) is 0 Å². The van der Waals surface area contributed by atoms with Crippen LogP contribution >= 0.6 is 50.2 Å². The van der Waals surface area contributed by atoms with Crippen molar-refractivity contribution in [2.45, 2.75) is 13.0 Å². The highest BCUT2D eigenvalue weighted by Gasteiger charge is 2.14. The van der Waals surface area contributed by atoms with E-state index < -0.39 is 0 Å². The summed E-state index contributed by atoms with van der Waals surface area (Å²) in [5.41, 5.74) is 0. The Bertz CT molecular complexity index is 537. The topological polar surface area (TPSA) is 29.1 Å². The van der Waals surface area contributed by atoms with Gasteiger partial charge in [0.25, 0.3) is 5.91 Å². The number of nitrogens with one attached hydrogen (secondary N) is 1. The van der Waals surface area contributed by atoms with E-state index in [4.69, 9.17) is 11.6 Å². The molecule has 2 aromatic heterocycles. The molecule has 0 radical (unpaired) electrons. The maximum absolute atomic E-state index is 11.9. The molecule has 2 rings (SSSR count). The van der Waals surface area contributed by atoms with E-state index in [1.807, 2.05) is 25.1 Å². The van der Waals surface area contributed by atoms with Gasteiger partial charge in [-0.3, -0.25) is 4.79 Å². The highest BCUT2D eigenvalue weighted by molar-refractivity contribution is 9.11. The molecule has 2 aromatic rings. The summed E-state index contributed by atoms with van der Waals surface area (Å²) in [6.45, 7) is 1.95. The minimum Gasteiger partial charge on any atom is -0.344 e. The maximum atomic E-state index is 11.9. The van der Waals surface area contributed by atoms with Crippen LogP contribution in [0.5, 0.6) is 0 Å². The number of carbonyl (C=O) groups excluding carboxylic acids is 1. The van der Waals surface area contributed by atoms with Gasteiger partial charge in [-0.1, -0.05) is 11.6 Å². The Morgan fingerprint density at radius 3 is 2.65 bits per heavy atom. The molecule has 1 N–H and O–H groups in total. The van der Waals surface area contributed by atoms with Crippen molar-refractivity contribution in [3.8, 4) is 0 Å². The molecule has 0 aromatic carbocycles. The Hall–Kier alpha value is -0.360. The highest BCUT2D eigenvalue weighted by Crippen LogP contribution is 2.27.